The van der Waals surface area contributed by atoms with Crippen LogP contribution in [0.1, 0.15) is 30.5 Å². The van der Waals surface area contributed by atoms with E-state index in [9.17, 15) is 0 Å². The first-order valence-corrected chi connectivity index (χ1v) is 15.4. The molecule has 204 valence electrons. The number of hydrogen-bond acceptors (Lipinski definition) is 2. The van der Waals surface area contributed by atoms with Crippen LogP contribution >= 0.6 is 11.3 Å². The van der Waals surface area contributed by atoms with Crippen molar-refractivity contribution in [1.29, 1.82) is 0 Å². The topological polar surface area (TPSA) is 3.24 Å². The monoisotopic (exact) mass is 559 g/mol. The molecule has 6 aromatic rings. The summed E-state index contributed by atoms with van der Waals surface area (Å²) in [5, 5.41) is 2.71. The Morgan fingerprint density at radius 1 is 0.690 bits per heavy atom. The molecule has 0 radical (unpaired) electrons. The van der Waals surface area contributed by atoms with Crippen LogP contribution in [0.3, 0.4) is 0 Å². The van der Waals surface area contributed by atoms with Gasteiger partial charge in [0.05, 0.1) is 0 Å². The number of thiophene rings is 1. The summed E-state index contributed by atoms with van der Waals surface area (Å²) in [6.07, 6.45) is 10.9. The van der Waals surface area contributed by atoms with E-state index in [4.69, 9.17) is 0 Å². The zero-order valence-electron chi connectivity index (χ0n) is 24.0. The van der Waals surface area contributed by atoms with Gasteiger partial charge in [-0.05, 0) is 71.1 Å². The maximum Gasteiger partial charge on any atom is 0.0465 e. The Morgan fingerprint density at radius 3 is 2.33 bits per heavy atom. The van der Waals surface area contributed by atoms with E-state index in [1.54, 1.807) is 6.08 Å². The average Bonchev–Trinajstić information content (AvgIpc) is 3.50. The zero-order valence-corrected chi connectivity index (χ0v) is 24.9. The first-order valence-electron chi connectivity index (χ1n) is 14.5. The van der Waals surface area contributed by atoms with Gasteiger partial charge in [-0.3, -0.25) is 0 Å². The van der Waals surface area contributed by atoms with Gasteiger partial charge in [0.15, 0.2) is 0 Å². The van der Waals surface area contributed by atoms with Gasteiger partial charge in [-0.1, -0.05) is 118 Å². The second kappa shape index (κ2) is 10.6. The van der Waals surface area contributed by atoms with Crippen molar-refractivity contribution >= 4 is 48.6 Å². The van der Waals surface area contributed by atoms with Crippen LogP contribution in [0.15, 0.2) is 146 Å². The molecule has 0 amide bonds. The number of hydrogen-bond donors (Lipinski definition) is 0. The van der Waals surface area contributed by atoms with Gasteiger partial charge in [-0.2, -0.15) is 0 Å². The molecule has 2 heteroatoms. The van der Waals surface area contributed by atoms with Gasteiger partial charge in [0, 0.05) is 48.2 Å². The molecule has 0 atom stereocenters. The molecule has 0 fully saturated rings. The van der Waals surface area contributed by atoms with Crippen molar-refractivity contribution in [3.05, 3.63) is 163 Å². The van der Waals surface area contributed by atoms with E-state index < -0.39 is 0 Å². The maximum absolute atomic E-state index is 3.74. The first-order chi connectivity index (χ1) is 20.6. The molecular formula is C40H33NS. The van der Waals surface area contributed by atoms with Gasteiger partial charge in [-0.25, -0.2) is 0 Å². The van der Waals surface area contributed by atoms with E-state index in [0.29, 0.717) is 0 Å². The van der Waals surface area contributed by atoms with E-state index in [0.717, 1.165) is 17.8 Å². The summed E-state index contributed by atoms with van der Waals surface area (Å²) in [6.45, 7) is 8.50. The van der Waals surface area contributed by atoms with Crippen molar-refractivity contribution in [3.63, 3.8) is 0 Å². The van der Waals surface area contributed by atoms with Crippen molar-refractivity contribution < 1.29 is 0 Å². The van der Waals surface area contributed by atoms with Gasteiger partial charge in [-0.15, -0.1) is 11.3 Å². The van der Waals surface area contributed by atoms with E-state index >= 15 is 0 Å². The lowest BCUT2D eigenvalue weighted by atomic mass is 9.82. The maximum atomic E-state index is 3.74. The molecular weight excluding hydrogens is 527 g/mol. The summed E-state index contributed by atoms with van der Waals surface area (Å²) in [5.41, 5.74) is 10.2. The standard InChI is InChI=1S/C40H33NS/c1-4-5-6-7-9-15-28-16-14-19-30(26-28)41(29-17-10-8-11-18-29)31-22-23-34-36(27-31)40(2,3)35-25-24-33-32-20-12-13-21-37(32)42-39(33)38(34)35/h4-14,16-27H,1,15H2,2-3H3/b6-5-,9-7-. The fourth-order valence-corrected chi connectivity index (χ4v) is 7.67. The summed E-state index contributed by atoms with van der Waals surface area (Å²) in [6, 6.07) is 40.2. The Kier molecular flexibility index (Phi) is 6.64. The lowest BCUT2D eigenvalue weighted by Gasteiger charge is -2.28. The van der Waals surface area contributed by atoms with Crippen LogP contribution in [0, 0.1) is 0 Å². The lowest BCUT2D eigenvalue weighted by molar-refractivity contribution is 0.661. The molecule has 1 heterocycles. The highest BCUT2D eigenvalue weighted by Crippen LogP contribution is 2.55. The third kappa shape index (κ3) is 4.40. The number of benzene rings is 5. The molecule has 0 spiro atoms. The minimum absolute atomic E-state index is 0.0982. The Balaban J connectivity index is 1.35. The summed E-state index contributed by atoms with van der Waals surface area (Å²) < 4.78 is 2.75. The molecule has 0 N–H and O–H groups in total. The summed E-state index contributed by atoms with van der Waals surface area (Å²) >= 11 is 1.92. The number of fused-ring (bicyclic) bond motifs is 7. The third-order valence-electron chi connectivity index (χ3n) is 8.46. The Labute approximate surface area is 252 Å². The summed E-state index contributed by atoms with van der Waals surface area (Å²) in [7, 11) is 0. The largest absolute Gasteiger partial charge is 0.310 e. The molecule has 0 saturated heterocycles. The van der Waals surface area contributed by atoms with Crippen LogP contribution < -0.4 is 4.90 Å². The number of allylic oxidation sites excluding steroid dienone is 5. The number of para-hydroxylation sites is 1. The molecule has 0 bridgehead atoms. The Morgan fingerprint density at radius 2 is 1.48 bits per heavy atom. The van der Waals surface area contributed by atoms with E-state index in [1.165, 1.54) is 53.7 Å². The minimum atomic E-state index is -0.0982. The number of anilines is 3. The number of rotatable bonds is 7. The molecule has 1 aliphatic rings. The highest BCUT2D eigenvalue weighted by molar-refractivity contribution is 7.26. The predicted molar refractivity (Wildman–Crippen MR) is 184 cm³/mol. The lowest BCUT2D eigenvalue weighted by Crippen LogP contribution is -2.16. The van der Waals surface area contributed by atoms with E-state index in [1.807, 2.05) is 23.5 Å². The SMILES string of the molecule is C=C/C=C\C=C/Cc1cccc(N(c2ccccc2)c2ccc3c(c2)C(C)(C)c2ccc4c(sc5ccccc54)c2-3)c1. The second-order valence-electron chi connectivity index (χ2n) is 11.4. The molecule has 0 unspecified atom stereocenters. The van der Waals surface area contributed by atoms with Gasteiger partial charge >= 0.3 is 0 Å². The fourth-order valence-electron chi connectivity index (χ4n) is 6.40. The summed E-state index contributed by atoms with van der Waals surface area (Å²) in [5.74, 6) is 0. The van der Waals surface area contributed by atoms with Crippen LogP contribution in [-0.4, -0.2) is 0 Å². The van der Waals surface area contributed by atoms with Crippen LogP contribution in [-0.2, 0) is 11.8 Å². The first kappa shape index (κ1) is 26.3. The smallest absolute Gasteiger partial charge is 0.0465 e. The van der Waals surface area contributed by atoms with Crippen molar-refractivity contribution in [2.45, 2.75) is 25.7 Å². The summed E-state index contributed by atoms with van der Waals surface area (Å²) in [4.78, 5) is 2.39. The van der Waals surface area contributed by atoms with Gasteiger partial charge in [0.25, 0.3) is 0 Å². The van der Waals surface area contributed by atoms with E-state index in [-0.39, 0.29) is 5.41 Å². The van der Waals surface area contributed by atoms with Crippen LogP contribution in [0.2, 0.25) is 0 Å². The van der Waals surface area contributed by atoms with Crippen molar-refractivity contribution in [2.75, 3.05) is 4.90 Å². The zero-order chi connectivity index (χ0) is 28.7. The Hall–Kier alpha value is -4.66. The average molecular weight is 560 g/mol. The molecule has 0 saturated carbocycles. The van der Waals surface area contributed by atoms with Gasteiger partial charge in [0.2, 0.25) is 0 Å². The molecule has 1 nitrogen and oxygen atoms in total. The van der Waals surface area contributed by atoms with Crippen LogP contribution in [0.4, 0.5) is 17.1 Å². The normalized spacial score (nSPS) is 13.7. The van der Waals surface area contributed by atoms with Crippen LogP contribution in [0.5, 0.6) is 0 Å². The highest BCUT2D eigenvalue weighted by atomic mass is 32.1. The van der Waals surface area contributed by atoms with Crippen LogP contribution in [0.25, 0.3) is 31.3 Å². The van der Waals surface area contributed by atoms with Crippen molar-refractivity contribution in [3.8, 4) is 11.1 Å². The molecule has 5 aromatic carbocycles. The van der Waals surface area contributed by atoms with E-state index in [2.05, 4.69) is 147 Å². The quantitative estimate of drug-likeness (QED) is 0.176. The highest BCUT2D eigenvalue weighted by Gasteiger charge is 2.37. The third-order valence-corrected chi connectivity index (χ3v) is 9.66. The molecule has 0 aliphatic heterocycles. The molecule has 7 rings (SSSR count). The van der Waals surface area contributed by atoms with Gasteiger partial charge < -0.3 is 4.90 Å². The Bertz CT molecular complexity index is 2010. The molecule has 1 aromatic heterocycles. The second-order valence-corrected chi connectivity index (χ2v) is 12.5. The van der Waals surface area contributed by atoms with Crippen molar-refractivity contribution in [2.24, 2.45) is 0 Å². The molecule has 1 aliphatic carbocycles. The van der Waals surface area contributed by atoms with Crippen molar-refractivity contribution in [1.82, 2.24) is 0 Å². The predicted octanol–water partition coefficient (Wildman–Crippen LogP) is 11.7. The number of nitrogens with zero attached hydrogens (tertiary/aromatic N) is 1. The minimum Gasteiger partial charge on any atom is -0.310 e. The molecule has 42 heavy (non-hydrogen) atoms. The fraction of sp³-hybridized carbons (Fsp3) is 0.100. The van der Waals surface area contributed by atoms with Gasteiger partial charge in [0.1, 0.15) is 0 Å².